The number of nitrogens with zero attached hydrogens (tertiary/aromatic N) is 1. The van der Waals surface area contributed by atoms with Gasteiger partial charge >= 0.3 is 0 Å². The molecule has 0 saturated carbocycles. The fourth-order valence-corrected chi connectivity index (χ4v) is 4.15. The van der Waals surface area contributed by atoms with Crippen molar-refractivity contribution in [3.8, 4) is 0 Å². The first kappa shape index (κ1) is 11.2. The van der Waals surface area contributed by atoms with Crippen LogP contribution < -0.4 is 5.32 Å². The van der Waals surface area contributed by atoms with E-state index < -0.39 is 0 Å². The van der Waals surface area contributed by atoms with Gasteiger partial charge in [0.25, 0.3) is 0 Å². The normalized spacial score (nSPS) is 30.6. The summed E-state index contributed by atoms with van der Waals surface area (Å²) in [7, 11) is 0. The Hall–Kier alpha value is 0.1000. The third kappa shape index (κ3) is 2.35. The molecule has 3 heterocycles. The first-order valence-corrected chi connectivity index (χ1v) is 7.67. The summed E-state index contributed by atoms with van der Waals surface area (Å²) in [5, 5.41) is 5.92. The van der Waals surface area contributed by atoms with Gasteiger partial charge in [-0.2, -0.15) is 0 Å². The molecule has 1 N–H and O–H groups in total. The minimum absolute atomic E-state index is 0.760. The third-order valence-corrected chi connectivity index (χ3v) is 5.26. The zero-order chi connectivity index (χ0) is 11.0. The lowest BCUT2D eigenvalue weighted by atomic mass is 9.94. The van der Waals surface area contributed by atoms with Gasteiger partial charge in [0.15, 0.2) is 0 Å². The Kier molecular flexibility index (Phi) is 3.34. The lowest BCUT2D eigenvalue weighted by molar-refractivity contribution is 0.313. The molecule has 16 heavy (non-hydrogen) atoms. The molecule has 2 nitrogen and oxygen atoms in total. The van der Waals surface area contributed by atoms with E-state index in [1.165, 1.54) is 41.8 Å². The van der Waals surface area contributed by atoms with Crippen LogP contribution in [0.4, 0.5) is 0 Å². The summed E-state index contributed by atoms with van der Waals surface area (Å²) in [4.78, 5) is 2.60. The lowest BCUT2D eigenvalue weighted by Gasteiger charge is -2.24. The van der Waals surface area contributed by atoms with Crippen LogP contribution in [-0.2, 0) is 6.54 Å². The summed E-state index contributed by atoms with van der Waals surface area (Å²) in [6, 6.07) is 3.01. The molecule has 0 aliphatic carbocycles. The van der Waals surface area contributed by atoms with Gasteiger partial charge in [-0.3, -0.25) is 4.90 Å². The van der Waals surface area contributed by atoms with Crippen molar-refractivity contribution in [3.63, 3.8) is 0 Å². The topological polar surface area (TPSA) is 15.3 Å². The van der Waals surface area contributed by atoms with Crippen LogP contribution in [0.15, 0.2) is 15.2 Å². The molecular formula is C12H17BrN2S. The van der Waals surface area contributed by atoms with Crippen molar-refractivity contribution in [2.75, 3.05) is 19.6 Å². The van der Waals surface area contributed by atoms with Gasteiger partial charge < -0.3 is 5.32 Å². The highest BCUT2D eigenvalue weighted by Gasteiger charge is 2.33. The number of hydrogen-bond acceptors (Lipinski definition) is 3. The Labute approximate surface area is 109 Å². The minimum atomic E-state index is 0.760. The van der Waals surface area contributed by atoms with Gasteiger partial charge in [0.05, 0.1) is 3.79 Å². The van der Waals surface area contributed by atoms with E-state index in [2.05, 4.69) is 37.6 Å². The quantitative estimate of drug-likeness (QED) is 0.903. The molecule has 0 aromatic carbocycles. The van der Waals surface area contributed by atoms with Crippen LogP contribution in [0, 0.1) is 5.92 Å². The second kappa shape index (κ2) is 4.77. The average molecular weight is 301 g/mol. The maximum Gasteiger partial charge on any atom is 0.0701 e. The van der Waals surface area contributed by atoms with Crippen molar-refractivity contribution in [2.24, 2.45) is 5.92 Å². The summed E-state index contributed by atoms with van der Waals surface area (Å²) >= 11 is 5.32. The van der Waals surface area contributed by atoms with Crippen LogP contribution in [0.3, 0.4) is 0 Å². The maximum atomic E-state index is 3.65. The Balaban J connectivity index is 1.61. The predicted molar refractivity (Wildman–Crippen MR) is 71.8 cm³/mol. The largest absolute Gasteiger partial charge is 0.312 e. The summed E-state index contributed by atoms with van der Waals surface area (Å²) in [6.45, 7) is 4.86. The molecular weight excluding hydrogens is 284 g/mol. The van der Waals surface area contributed by atoms with Crippen molar-refractivity contribution in [1.29, 1.82) is 0 Å². The molecule has 2 atom stereocenters. The van der Waals surface area contributed by atoms with Gasteiger partial charge in [-0.05, 0) is 58.2 Å². The average Bonchev–Trinajstić information content (AvgIpc) is 2.84. The summed E-state index contributed by atoms with van der Waals surface area (Å²) < 4.78 is 1.25. The highest BCUT2D eigenvalue weighted by Crippen LogP contribution is 2.27. The van der Waals surface area contributed by atoms with Crippen molar-refractivity contribution >= 4 is 27.3 Å². The smallest absolute Gasteiger partial charge is 0.0701 e. The molecule has 4 heteroatoms. The molecule has 0 spiro atoms. The van der Waals surface area contributed by atoms with Gasteiger partial charge in [0, 0.05) is 25.7 Å². The second-order valence-corrected chi connectivity index (χ2v) is 7.21. The van der Waals surface area contributed by atoms with Crippen LogP contribution in [0.5, 0.6) is 0 Å². The summed E-state index contributed by atoms with van der Waals surface area (Å²) in [5.41, 5.74) is 1.45. The highest BCUT2D eigenvalue weighted by molar-refractivity contribution is 9.11. The number of fused-ring (bicyclic) bond motifs is 1. The Morgan fingerprint density at radius 1 is 1.50 bits per heavy atom. The van der Waals surface area contributed by atoms with Gasteiger partial charge in [-0.25, -0.2) is 0 Å². The molecule has 2 fully saturated rings. The van der Waals surface area contributed by atoms with E-state index in [1.54, 1.807) is 11.3 Å². The number of piperidine rings is 1. The van der Waals surface area contributed by atoms with Crippen LogP contribution >= 0.6 is 27.3 Å². The van der Waals surface area contributed by atoms with E-state index in [4.69, 9.17) is 0 Å². The Morgan fingerprint density at radius 3 is 3.19 bits per heavy atom. The van der Waals surface area contributed by atoms with Crippen molar-refractivity contribution < 1.29 is 0 Å². The zero-order valence-corrected chi connectivity index (χ0v) is 11.7. The third-order valence-electron chi connectivity index (χ3n) is 3.70. The molecule has 0 bridgehead atoms. The molecule has 2 aliphatic rings. The van der Waals surface area contributed by atoms with Crippen LogP contribution in [0.25, 0.3) is 0 Å². The zero-order valence-electron chi connectivity index (χ0n) is 9.29. The van der Waals surface area contributed by atoms with Gasteiger partial charge in [-0.15, -0.1) is 11.3 Å². The number of likely N-dealkylation sites (tertiary alicyclic amines) is 1. The summed E-state index contributed by atoms with van der Waals surface area (Å²) in [6.07, 6.45) is 2.78. The number of thiophene rings is 1. The van der Waals surface area contributed by atoms with Gasteiger partial charge in [0.1, 0.15) is 0 Å². The molecule has 2 saturated heterocycles. The first-order valence-electron chi connectivity index (χ1n) is 6.00. The number of hydrogen-bond donors (Lipinski definition) is 1. The van der Waals surface area contributed by atoms with Crippen molar-refractivity contribution in [3.05, 3.63) is 20.8 Å². The molecule has 1 aromatic heterocycles. The van der Waals surface area contributed by atoms with E-state index in [1.807, 2.05) is 0 Å². The molecule has 88 valence electrons. The number of halogens is 1. The fraction of sp³-hybridized carbons (Fsp3) is 0.667. The summed E-state index contributed by atoms with van der Waals surface area (Å²) in [5.74, 6) is 0.899. The fourth-order valence-electron chi connectivity index (χ4n) is 2.95. The number of rotatable bonds is 2. The highest BCUT2D eigenvalue weighted by atomic mass is 79.9. The molecule has 0 radical (unpaired) electrons. The molecule has 2 aliphatic heterocycles. The number of nitrogens with one attached hydrogen (secondary N) is 1. The van der Waals surface area contributed by atoms with Gasteiger partial charge in [0.2, 0.25) is 0 Å². The predicted octanol–water partition coefficient (Wildman–Crippen LogP) is 2.69. The molecule has 1 aromatic rings. The second-order valence-electron chi connectivity index (χ2n) is 4.92. The standard InChI is InChI=1S/C12H17BrN2S/c13-12-4-9(8-16-12)5-15-6-10-2-1-3-14-11(10)7-15/h4,8,10-11,14H,1-3,5-7H2/t10-,11+/m0/s1. The van der Waals surface area contributed by atoms with Crippen LogP contribution in [0.2, 0.25) is 0 Å². The van der Waals surface area contributed by atoms with E-state index in [-0.39, 0.29) is 0 Å². The van der Waals surface area contributed by atoms with Crippen molar-refractivity contribution in [1.82, 2.24) is 10.2 Å². The lowest BCUT2D eigenvalue weighted by Crippen LogP contribution is -2.40. The van der Waals surface area contributed by atoms with Crippen molar-refractivity contribution in [2.45, 2.75) is 25.4 Å². The Bertz CT molecular complexity index is 352. The molecule has 0 amide bonds. The van der Waals surface area contributed by atoms with Gasteiger partial charge in [-0.1, -0.05) is 0 Å². The van der Waals surface area contributed by atoms with E-state index in [0.717, 1.165) is 18.5 Å². The SMILES string of the molecule is Brc1cc(CN2C[C@@H]3CCCN[C@@H]3C2)cs1. The first-order chi connectivity index (χ1) is 7.81. The van der Waals surface area contributed by atoms with Crippen LogP contribution in [-0.4, -0.2) is 30.6 Å². The molecule has 0 unspecified atom stereocenters. The van der Waals surface area contributed by atoms with Crippen LogP contribution in [0.1, 0.15) is 18.4 Å². The van der Waals surface area contributed by atoms with E-state index in [0.29, 0.717) is 0 Å². The van der Waals surface area contributed by atoms with E-state index in [9.17, 15) is 0 Å². The maximum absolute atomic E-state index is 3.65. The van der Waals surface area contributed by atoms with E-state index >= 15 is 0 Å². The monoisotopic (exact) mass is 300 g/mol. The Morgan fingerprint density at radius 2 is 2.44 bits per heavy atom. The molecule has 3 rings (SSSR count). The minimum Gasteiger partial charge on any atom is -0.312 e.